The summed E-state index contributed by atoms with van der Waals surface area (Å²) in [4.78, 5) is 0. The van der Waals surface area contributed by atoms with Gasteiger partial charge in [-0.25, -0.2) is 0 Å². The van der Waals surface area contributed by atoms with E-state index in [0.717, 1.165) is 11.1 Å². The van der Waals surface area contributed by atoms with Gasteiger partial charge in [-0.05, 0) is 38.8 Å². The van der Waals surface area contributed by atoms with Gasteiger partial charge in [0.1, 0.15) is 11.3 Å². The topological polar surface area (TPSA) is 55.8 Å². The molecule has 136 valence electrons. The summed E-state index contributed by atoms with van der Waals surface area (Å²) in [6, 6.07) is 16.9. The smallest absolute Gasteiger partial charge is 0.341 e. The van der Waals surface area contributed by atoms with Crippen LogP contribution >= 0.6 is 7.60 Å². The molecule has 0 aliphatic carbocycles. The molecule has 0 fully saturated rings. The Morgan fingerprint density at radius 3 is 2.16 bits per heavy atom. The minimum Gasteiger partial charge on any atom is -0.384 e. The first kappa shape index (κ1) is 19.9. The lowest BCUT2D eigenvalue weighted by atomic mass is 9.88. The van der Waals surface area contributed by atoms with Crippen molar-refractivity contribution < 1.29 is 18.7 Å². The van der Waals surface area contributed by atoms with Crippen molar-refractivity contribution >= 4 is 7.60 Å². The second-order valence-electron chi connectivity index (χ2n) is 6.21. The Bertz CT molecular complexity index is 717. The highest BCUT2D eigenvalue weighted by Gasteiger charge is 2.49. The first-order chi connectivity index (χ1) is 11.8. The van der Waals surface area contributed by atoms with E-state index < -0.39 is 18.9 Å². The molecule has 0 aliphatic rings. The molecule has 5 heteroatoms. The molecule has 2 aromatic carbocycles. The van der Waals surface area contributed by atoms with Crippen LogP contribution in [-0.2, 0) is 19.2 Å². The number of aryl methyl sites for hydroxylation is 1. The molecule has 2 unspecified atom stereocenters. The van der Waals surface area contributed by atoms with Gasteiger partial charge in [-0.1, -0.05) is 60.2 Å². The van der Waals surface area contributed by atoms with Crippen LogP contribution < -0.4 is 0 Å². The van der Waals surface area contributed by atoms with E-state index in [4.69, 9.17) is 9.05 Å². The summed E-state index contributed by atoms with van der Waals surface area (Å²) in [5.41, 5.74) is 0.169. The van der Waals surface area contributed by atoms with E-state index in [-0.39, 0.29) is 13.2 Å². The number of hydrogen-bond donors (Lipinski definition) is 1. The number of benzene rings is 2. The van der Waals surface area contributed by atoms with Crippen molar-refractivity contribution in [1.82, 2.24) is 0 Å². The molecular weight excluding hydrogens is 335 g/mol. The first-order valence-electron chi connectivity index (χ1n) is 8.58. The van der Waals surface area contributed by atoms with Crippen LogP contribution in [0.25, 0.3) is 0 Å². The Hall–Kier alpha value is -1.45. The van der Waals surface area contributed by atoms with Crippen molar-refractivity contribution in [2.75, 3.05) is 13.2 Å². The maximum atomic E-state index is 13.6. The van der Waals surface area contributed by atoms with Gasteiger partial charge in [0, 0.05) is 0 Å². The lowest BCUT2D eigenvalue weighted by Gasteiger charge is -2.37. The fraction of sp³-hybridized carbons (Fsp3) is 0.400. The van der Waals surface area contributed by atoms with E-state index in [1.165, 1.54) is 0 Å². The predicted octanol–water partition coefficient (Wildman–Crippen LogP) is 5.21. The third-order valence-corrected chi connectivity index (χ3v) is 6.85. The van der Waals surface area contributed by atoms with Gasteiger partial charge in [-0.3, -0.25) is 4.57 Å². The molecule has 0 heterocycles. The minimum absolute atomic E-state index is 0.241. The van der Waals surface area contributed by atoms with Crippen molar-refractivity contribution in [1.29, 1.82) is 0 Å². The van der Waals surface area contributed by atoms with Crippen LogP contribution in [0.3, 0.4) is 0 Å². The highest BCUT2D eigenvalue weighted by Crippen LogP contribution is 2.66. The Kier molecular flexibility index (Phi) is 6.59. The molecule has 0 radical (unpaired) electrons. The van der Waals surface area contributed by atoms with E-state index in [2.05, 4.69) is 0 Å². The number of hydrogen-bond acceptors (Lipinski definition) is 4. The van der Waals surface area contributed by atoms with Gasteiger partial charge in [0.2, 0.25) is 0 Å². The third kappa shape index (κ3) is 4.39. The van der Waals surface area contributed by atoms with E-state index >= 15 is 0 Å². The highest BCUT2D eigenvalue weighted by molar-refractivity contribution is 7.54. The fourth-order valence-corrected chi connectivity index (χ4v) is 5.52. The van der Waals surface area contributed by atoms with Gasteiger partial charge in [-0.2, -0.15) is 0 Å². The van der Waals surface area contributed by atoms with E-state index in [1.54, 1.807) is 20.8 Å². The zero-order chi connectivity index (χ0) is 18.5. The quantitative estimate of drug-likeness (QED) is 0.655. The van der Waals surface area contributed by atoms with Crippen molar-refractivity contribution in [3.8, 4) is 0 Å². The molecule has 0 aliphatic heterocycles. The summed E-state index contributed by atoms with van der Waals surface area (Å²) in [7, 11) is -3.61. The van der Waals surface area contributed by atoms with Crippen molar-refractivity contribution in [2.24, 2.45) is 0 Å². The molecule has 0 aromatic heterocycles. The van der Waals surface area contributed by atoms with Crippen LogP contribution in [0.4, 0.5) is 0 Å². The van der Waals surface area contributed by atoms with Gasteiger partial charge >= 0.3 is 7.60 Å². The summed E-state index contributed by atoms with van der Waals surface area (Å²) >= 11 is 0. The van der Waals surface area contributed by atoms with Gasteiger partial charge in [0.05, 0.1) is 13.2 Å². The Labute approximate surface area is 150 Å². The SMILES string of the molecule is CCOP(=O)(OCC)C(c1cccc(C)c1)C(C)(O)c1ccccc1. The van der Waals surface area contributed by atoms with Crippen LogP contribution in [0.5, 0.6) is 0 Å². The van der Waals surface area contributed by atoms with Crippen LogP contribution in [-0.4, -0.2) is 18.3 Å². The average Bonchev–Trinajstić information content (AvgIpc) is 2.56. The van der Waals surface area contributed by atoms with E-state index in [0.29, 0.717) is 5.56 Å². The maximum Gasteiger partial charge on any atom is 0.341 e. The van der Waals surface area contributed by atoms with Crippen LogP contribution in [0.1, 0.15) is 43.1 Å². The van der Waals surface area contributed by atoms with Crippen LogP contribution in [0.15, 0.2) is 54.6 Å². The van der Waals surface area contributed by atoms with Gasteiger partial charge in [0.15, 0.2) is 0 Å². The van der Waals surface area contributed by atoms with Gasteiger partial charge in [-0.15, -0.1) is 0 Å². The van der Waals surface area contributed by atoms with Crippen LogP contribution in [0, 0.1) is 6.92 Å². The summed E-state index contributed by atoms with van der Waals surface area (Å²) in [6.45, 7) is 7.66. The number of rotatable bonds is 8. The van der Waals surface area contributed by atoms with Crippen molar-refractivity contribution in [3.05, 3.63) is 71.3 Å². The summed E-state index contributed by atoms with van der Waals surface area (Å²) in [6.07, 6.45) is 0. The molecule has 2 atom stereocenters. The first-order valence-corrected chi connectivity index (χ1v) is 10.2. The Balaban J connectivity index is 2.65. The average molecular weight is 362 g/mol. The molecule has 2 aromatic rings. The molecule has 2 rings (SSSR count). The number of aliphatic hydroxyl groups is 1. The molecular formula is C20H27O4P. The second-order valence-corrected chi connectivity index (χ2v) is 8.32. The Morgan fingerprint density at radius 2 is 1.64 bits per heavy atom. The summed E-state index contributed by atoms with van der Waals surface area (Å²) in [5.74, 6) is 0. The molecule has 4 nitrogen and oxygen atoms in total. The lowest BCUT2D eigenvalue weighted by Crippen LogP contribution is -2.31. The molecule has 1 N–H and O–H groups in total. The standard InChI is InChI=1S/C20H27O4P/c1-5-23-25(22,24-6-2)19(17-12-10-11-16(3)15-17)20(4,21)18-13-8-7-9-14-18/h7-15,19,21H,5-6H2,1-4H3. The maximum absolute atomic E-state index is 13.6. The van der Waals surface area contributed by atoms with Crippen LogP contribution in [0.2, 0.25) is 0 Å². The molecule has 0 saturated carbocycles. The normalized spacial score (nSPS) is 15.6. The van der Waals surface area contributed by atoms with Crippen molar-refractivity contribution in [2.45, 2.75) is 39.0 Å². The fourth-order valence-electron chi connectivity index (χ4n) is 3.13. The lowest BCUT2D eigenvalue weighted by molar-refractivity contribution is 0.0380. The van der Waals surface area contributed by atoms with Gasteiger partial charge < -0.3 is 14.2 Å². The van der Waals surface area contributed by atoms with E-state index in [1.807, 2.05) is 61.5 Å². The molecule has 0 spiro atoms. The van der Waals surface area contributed by atoms with Crippen molar-refractivity contribution in [3.63, 3.8) is 0 Å². The minimum atomic E-state index is -3.61. The second kappa shape index (κ2) is 8.29. The predicted molar refractivity (Wildman–Crippen MR) is 101 cm³/mol. The monoisotopic (exact) mass is 362 g/mol. The molecule has 0 saturated heterocycles. The zero-order valence-electron chi connectivity index (χ0n) is 15.3. The third-order valence-electron chi connectivity index (χ3n) is 4.18. The molecule has 25 heavy (non-hydrogen) atoms. The summed E-state index contributed by atoms with van der Waals surface area (Å²) < 4.78 is 24.9. The van der Waals surface area contributed by atoms with E-state index in [9.17, 15) is 9.67 Å². The molecule has 0 bridgehead atoms. The Morgan fingerprint density at radius 1 is 1.04 bits per heavy atom. The largest absolute Gasteiger partial charge is 0.384 e. The molecule has 0 amide bonds. The highest BCUT2D eigenvalue weighted by atomic mass is 31.2. The summed E-state index contributed by atoms with van der Waals surface area (Å²) in [5, 5.41) is 11.4. The zero-order valence-corrected chi connectivity index (χ0v) is 16.2. The van der Waals surface area contributed by atoms with Gasteiger partial charge in [0.25, 0.3) is 0 Å².